The molecule has 2 nitrogen and oxygen atoms in total. The van der Waals surface area contributed by atoms with Gasteiger partial charge >= 0.3 is 0 Å². The van der Waals surface area contributed by atoms with Gasteiger partial charge in [0.2, 0.25) is 0 Å². The first kappa shape index (κ1) is 19.0. The van der Waals surface area contributed by atoms with Gasteiger partial charge in [0.25, 0.3) is 0 Å². The Kier molecular flexibility index (Phi) is 8.85. The summed E-state index contributed by atoms with van der Waals surface area (Å²) in [6.07, 6.45) is 1.96. The number of nitrogens with zero attached hydrogens (tertiary/aromatic N) is 1. The van der Waals surface area contributed by atoms with E-state index in [0.717, 1.165) is 36.9 Å². The second-order valence-corrected chi connectivity index (χ2v) is 5.33. The molecule has 0 atom stereocenters. The molecule has 0 heterocycles. The molecular formula is C20H25NOS. The first-order chi connectivity index (χ1) is 11.2. The van der Waals surface area contributed by atoms with Gasteiger partial charge in [-0.1, -0.05) is 43.4 Å². The highest BCUT2D eigenvalue weighted by Crippen LogP contribution is 2.13. The van der Waals surface area contributed by atoms with Crippen molar-refractivity contribution in [2.45, 2.75) is 27.2 Å². The van der Waals surface area contributed by atoms with Crippen molar-refractivity contribution in [2.24, 2.45) is 0 Å². The minimum absolute atomic E-state index is 0.732. The quantitative estimate of drug-likeness (QED) is 0.553. The predicted molar refractivity (Wildman–Crippen MR) is 104 cm³/mol. The Morgan fingerprint density at radius 2 is 1.39 bits per heavy atom. The van der Waals surface area contributed by atoms with Gasteiger partial charge in [0.15, 0.2) is 0 Å². The number of benzene rings is 2. The first-order valence-corrected chi connectivity index (χ1v) is 8.49. The van der Waals surface area contributed by atoms with E-state index >= 15 is 0 Å². The van der Waals surface area contributed by atoms with Crippen molar-refractivity contribution in [2.75, 3.05) is 18.0 Å². The second kappa shape index (κ2) is 10.7. The van der Waals surface area contributed by atoms with Crippen LogP contribution in [0.1, 0.15) is 42.3 Å². The molecule has 0 saturated carbocycles. The Morgan fingerprint density at radius 3 is 1.78 bits per heavy atom. The largest absolute Gasteiger partial charge is 0.372 e. The Bertz CT molecular complexity index is 586. The average molecular weight is 327 g/mol. The Labute approximate surface area is 145 Å². The van der Waals surface area contributed by atoms with Crippen LogP contribution < -0.4 is 4.90 Å². The van der Waals surface area contributed by atoms with Crippen molar-refractivity contribution >= 4 is 29.6 Å². The lowest BCUT2D eigenvalue weighted by atomic mass is 10.1. The van der Waals surface area contributed by atoms with Gasteiger partial charge in [0.05, 0.1) is 0 Å². The van der Waals surface area contributed by atoms with Crippen LogP contribution in [0.2, 0.25) is 0 Å². The summed E-state index contributed by atoms with van der Waals surface area (Å²) < 4.78 is 0. The summed E-state index contributed by atoms with van der Waals surface area (Å²) in [5, 5.41) is 1.69. The fraction of sp³-hybridized carbons (Fsp3) is 0.300. The molecule has 2 aromatic carbocycles. The standard InChI is InChI=1S/C11H15NO.C9H10S/c1-3-12(4-2)11-7-5-10(9-13)6-8-11;1-2-8-3-5-9(7-10)6-4-8/h5-9H,3-4H2,1-2H3;3-7H,2H2,1H3. The highest BCUT2D eigenvalue weighted by Gasteiger charge is 2.00. The summed E-state index contributed by atoms with van der Waals surface area (Å²) in [7, 11) is 0. The molecule has 3 heteroatoms. The van der Waals surface area contributed by atoms with Crippen molar-refractivity contribution in [1.82, 2.24) is 0 Å². The number of carbonyl (C=O) groups excluding carboxylic acids is 1. The first-order valence-electron chi connectivity index (χ1n) is 8.02. The van der Waals surface area contributed by atoms with E-state index in [4.69, 9.17) is 12.2 Å². The monoisotopic (exact) mass is 327 g/mol. The van der Waals surface area contributed by atoms with Gasteiger partial charge in [-0.25, -0.2) is 0 Å². The third kappa shape index (κ3) is 6.33. The minimum Gasteiger partial charge on any atom is -0.372 e. The summed E-state index contributed by atoms with van der Waals surface area (Å²) in [6.45, 7) is 8.38. The number of thiocarbonyl (C=S) groups is 1. The predicted octanol–water partition coefficient (Wildman–Crippen LogP) is 4.94. The maximum Gasteiger partial charge on any atom is 0.150 e. The highest BCUT2D eigenvalue weighted by atomic mass is 32.1. The number of aldehydes is 1. The Hall–Kier alpha value is -2.00. The number of anilines is 1. The topological polar surface area (TPSA) is 20.3 Å². The minimum atomic E-state index is 0.732. The smallest absolute Gasteiger partial charge is 0.150 e. The fourth-order valence-electron chi connectivity index (χ4n) is 2.18. The number of rotatable bonds is 6. The number of hydrogen-bond acceptors (Lipinski definition) is 3. The van der Waals surface area contributed by atoms with Crippen LogP contribution in [0.5, 0.6) is 0 Å². The van der Waals surface area contributed by atoms with Crippen molar-refractivity contribution in [3.05, 3.63) is 65.2 Å². The molecule has 0 fully saturated rings. The van der Waals surface area contributed by atoms with Gasteiger partial charge in [-0.3, -0.25) is 4.79 Å². The summed E-state index contributed by atoms with van der Waals surface area (Å²) in [4.78, 5) is 12.7. The molecule has 0 radical (unpaired) electrons. The van der Waals surface area contributed by atoms with Crippen molar-refractivity contribution in [3.8, 4) is 0 Å². The van der Waals surface area contributed by atoms with Crippen LogP contribution in [0.3, 0.4) is 0 Å². The van der Waals surface area contributed by atoms with E-state index in [-0.39, 0.29) is 0 Å². The van der Waals surface area contributed by atoms with Gasteiger partial charge in [0, 0.05) is 29.7 Å². The van der Waals surface area contributed by atoms with E-state index in [1.165, 1.54) is 11.3 Å². The van der Waals surface area contributed by atoms with Crippen LogP contribution >= 0.6 is 12.2 Å². The van der Waals surface area contributed by atoms with Crippen LogP contribution in [0.4, 0.5) is 5.69 Å². The summed E-state index contributed by atoms with van der Waals surface area (Å²) >= 11 is 4.77. The number of aryl methyl sites for hydroxylation is 1. The summed E-state index contributed by atoms with van der Waals surface area (Å²) in [5.74, 6) is 0. The maximum absolute atomic E-state index is 10.4. The lowest BCUT2D eigenvalue weighted by Gasteiger charge is -2.20. The molecule has 0 unspecified atom stereocenters. The summed E-state index contributed by atoms with van der Waals surface area (Å²) in [5.41, 5.74) is 4.39. The molecule has 23 heavy (non-hydrogen) atoms. The molecule has 2 aromatic rings. The molecule has 0 N–H and O–H groups in total. The zero-order valence-electron chi connectivity index (χ0n) is 14.2. The Morgan fingerprint density at radius 1 is 0.870 bits per heavy atom. The number of carbonyl (C=O) groups is 1. The van der Waals surface area contributed by atoms with Gasteiger partial charge in [-0.15, -0.1) is 0 Å². The van der Waals surface area contributed by atoms with Crippen molar-refractivity contribution in [3.63, 3.8) is 0 Å². The van der Waals surface area contributed by atoms with Crippen LogP contribution in [-0.4, -0.2) is 24.7 Å². The molecule has 0 bridgehead atoms. The molecule has 0 spiro atoms. The van der Waals surface area contributed by atoms with Crippen LogP contribution in [0.25, 0.3) is 0 Å². The van der Waals surface area contributed by atoms with E-state index in [1.807, 2.05) is 36.4 Å². The maximum atomic E-state index is 10.4. The molecule has 0 saturated heterocycles. The van der Waals surface area contributed by atoms with Gasteiger partial charge in [-0.05, 0) is 55.7 Å². The molecular weight excluding hydrogens is 302 g/mol. The molecule has 2 rings (SSSR count). The molecule has 0 amide bonds. The second-order valence-electron chi connectivity index (χ2n) is 5.09. The zero-order chi connectivity index (χ0) is 17.1. The molecule has 122 valence electrons. The third-order valence-electron chi connectivity index (χ3n) is 3.68. The van der Waals surface area contributed by atoms with Crippen molar-refractivity contribution in [1.29, 1.82) is 0 Å². The van der Waals surface area contributed by atoms with Crippen LogP contribution in [0.15, 0.2) is 48.5 Å². The third-order valence-corrected chi connectivity index (χ3v) is 3.95. The van der Waals surface area contributed by atoms with Crippen LogP contribution in [-0.2, 0) is 6.42 Å². The zero-order valence-corrected chi connectivity index (χ0v) is 15.0. The average Bonchev–Trinajstić information content (AvgIpc) is 2.64. The molecule has 0 aliphatic rings. The Balaban J connectivity index is 0.000000238. The molecule has 0 aromatic heterocycles. The van der Waals surface area contributed by atoms with E-state index in [9.17, 15) is 4.79 Å². The highest BCUT2D eigenvalue weighted by molar-refractivity contribution is 7.79. The SMILES string of the molecule is CCN(CC)c1ccc(C=O)cc1.CCc1ccc(C=S)cc1. The lowest BCUT2D eigenvalue weighted by molar-refractivity contribution is 0.112. The fourth-order valence-corrected chi connectivity index (χ4v) is 2.34. The van der Waals surface area contributed by atoms with E-state index < -0.39 is 0 Å². The van der Waals surface area contributed by atoms with E-state index in [1.54, 1.807) is 5.37 Å². The molecule has 0 aliphatic carbocycles. The number of hydrogen-bond donors (Lipinski definition) is 0. The van der Waals surface area contributed by atoms with Crippen LogP contribution in [0, 0.1) is 0 Å². The summed E-state index contributed by atoms with van der Waals surface area (Å²) in [6, 6.07) is 16.0. The van der Waals surface area contributed by atoms with E-state index in [0.29, 0.717) is 0 Å². The molecule has 0 aliphatic heterocycles. The van der Waals surface area contributed by atoms with Crippen molar-refractivity contribution < 1.29 is 4.79 Å². The van der Waals surface area contributed by atoms with Gasteiger partial charge in [0.1, 0.15) is 6.29 Å². The lowest BCUT2D eigenvalue weighted by Crippen LogP contribution is -2.21. The van der Waals surface area contributed by atoms with E-state index in [2.05, 4.69) is 37.8 Å². The van der Waals surface area contributed by atoms with Gasteiger partial charge < -0.3 is 4.90 Å². The van der Waals surface area contributed by atoms with Gasteiger partial charge in [-0.2, -0.15) is 0 Å². The normalized spacial score (nSPS) is 9.52.